The van der Waals surface area contributed by atoms with Crippen molar-refractivity contribution in [2.45, 2.75) is 20.3 Å². The van der Waals surface area contributed by atoms with Crippen LogP contribution >= 0.6 is 0 Å². The number of aromatic nitrogens is 1. The molecule has 96 valence electrons. The summed E-state index contributed by atoms with van der Waals surface area (Å²) < 4.78 is 5.12. The van der Waals surface area contributed by atoms with Gasteiger partial charge >= 0.3 is 0 Å². The quantitative estimate of drug-likeness (QED) is 0.765. The number of nitrogens with zero attached hydrogens (tertiary/aromatic N) is 1. The monoisotopic (exact) mass is 237 g/mol. The SMILES string of the molecule is CNc1cc(NCC(C)(C)CCOC)ccn1. The van der Waals surface area contributed by atoms with Gasteiger partial charge in [-0.05, 0) is 17.9 Å². The molecule has 0 atom stereocenters. The first-order chi connectivity index (χ1) is 8.07. The van der Waals surface area contributed by atoms with Gasteiger partial charge in [-0.15, -0.1) is 0 Å². The molecule has 1 aromatic rings. The number of ether oxygens (including phenoxy) is 1. The smallest absolute Gasteiger partial charge is 0.127 e. The number of nitrogens with one attached hydrogen (secondary N) is 2. The third-order valence-electron chi connectivity index (χ3n) is 2.77. The summed E-state index contributed by atoms with van der Waals surface area (Å²) in [6.07, 6.45) is 2.84. The van der Waals surface area contributed by atoms with Crippen LogP contribution in [-0.2, 0) is 4.74 Å². The van der Waals surface area contributed by atoms with Crippen LogP contribution in [0.1, 0.15) is 20.3 Å². The average molecular weight is 237 g/mol. The Hall–Kier alpha value is -1.29. The van der Waals surface area contributed by atoms with E-state index in [1.807, 2.05) is 19.2 Å². The fourth-order valence-electron chi connectivity index (χ4n) is 1.49. The van der Waals surface area contributed by atoms with Gasteiger partial charge in [-0.1, -0.05) is 13.8 Å². The molecule has 2 N–H and O–H groups in total. The minimum absolute atomic E-state index is 0.221. The Balaban J connectivity index is 2.48. The van der Waals surface area contributed by atoms with Crippen molar-refractivity contribution in [3.05, 3.63) is 18.3 Å². The van der Waals surface area contributed by atoms with E-state index in [0.717, 1.165) is 31.1 Å². The third-order valence-corrected chi connectivity index (χ3v) is 2.77. The van der Waals surface area contributed by atoms with Crippen molar-refractivity contribution in [3.63, 3.8) is 0 Å². The Bertz CT molecular complexity index is 339. The summed E-state index contributed by atoms with van der Waals surface area (Å²) in [6, 6.07) is 3.99. The highest BCUT2D eigenvalue weighted by Gasteiger charge is 2.17. The van der Waals surface area contributed by atoms with Crippen LogP contribution < -0.4 is 10.6 Å². The molecular formula is C13H23N3O. The van der Waals surface area contributed by atoms with E-state index in [1.165, 1.54) is 0 Å². The number of hydrogen-bond donors (Lipinski definition) is 2. The zero-order valence-corrected chi connectivity index (χ0v) is 11.2. The van der Waals surface area contributed by atoms with E-state index in [4.69, 9.17) is 4.74 Å². The van der Waals surface area contributed by atoms with Gasteiger partial charge in [0.15, 0.2) is 0 Å². The lowest BCUT2D eigenvalue weighted by Crippen LogP contribution is -2.24. The molecule has 0 fully saturated rings. The minimum Gasteiger partial charge on any atom is -0.385 e. The fraction of sp³-hybridized carbons (Fsp3) is 0.615. The molecule has 17 heavy (non-hydrogen) atoms. The van der Waals surface area contributed by atoms with Crippen molar-refractivity contribution in [1.82, 2.24) is 4.98 Å². The summed E-state index contributed by atoms with van der Waals surface area (Å²) in [6.45, 7) is 6.19. The van der Waals surface area contributed by atoms with Crippen LogP contribution in [0.15, 0.2) is 18.3 Å². The van der Waals surface area contributed by atoms with Gasteiger partial charge in [0.05, 0.1) is 0 Å². The molecule has 1 rings (SSSR count). The maximum atomic E-state index is 5.12. The molecule has 0 aliphatic heterocycles. The summed E-state index contributed by atoms with van der Waals surface area (Å²) in [5, 5.41) is 6.46. The first-order valence-corrected chi connectivity index (χ1v) is 5.94. The summed E-state index contributed by atoms with van der Waals surface area (Å²) >= 11 is 0. The fourth-order valence-corrected chi connectivity index (χ4v) is 1.49. The van der Waals surface area contributed by atoms with E-state index >= 15 is 0 Å². The van der Waals surface area contributed by atoms with Gasteiger partial charge in [-0.3, -0.25) is 0 Å². The van der Waals surface area contributed by atoms with Crippen molar-refractivity contribution in [2.24, 2.45) is 5.41 Å². The standard InChI is InChI=1S/C13H23N3O/c1-13(2,6-8-17-4)10-16-11-5-7-15-12(9-11)14-3/h5,7,9H,6,8,10H2,1-4H3,(H2,14,15,16). The Labute approximate surface area is 104 Å². The van der Waals surface area contributed by atoms with Crippen molar-refractivity contribution in [2.75, 3.05) is 37.9 Å². The Morgan fingerprint density at radius 3 is 2.82 bits per heavy atom. The number of pyridine rings is 1. The second-order valence-electron chi connectivity index (χ2n) is 4.94. The van der Waals surface area contributed by atoms with E-state index in [9.17, 15) is 0 Å². The topological polar surface area (TPSA) is 46.2 Å². The number of anilines is 2. The average Bonchev–Trinajstić information content (AvgIpc) is 2.34. The first kappa shape index (κ1) is 13.8. The van der Waals surface area contributed by atoms with Crippen LogP contribution in [0, 0.1) is 5.41 Å². The normalized spacial score (nSPS) is 11.3. The van der Waals surface area contributed by atoms with Crippen LogP contribution in [0.25, 0.3) is 0 Å². The van der Waals surface area contributed by atoms with Crippen molar-refractivity contribution < 1.29 is 4.74 Å². The Kier molecular flexibility index (Phi) is 5.22. The second-order valence-corrected chi connectivity index (χ2v) is 4.94. The van der Waals surface area contributed by atoms with Crippen LogP contribution in [0.5, 0.6) is 0 Å². The van der Waals surface area contributed by atoms with Crippen LogP contribution in [-0.4, -0.2) is 32.3 Å². The number of rotatable bonds is 7. The molecule has 0 aliphatic carbocycles. The van der Waals surface area contributed by atoms with E-state index in [0.29, 0.717) is 0 Å². The molecule has 0 bridgehead atoms. The minimum atomic E-state index is 0.221. The van der Waals surface area contributed by atoms with E-state index < -0.39 is 0 Å². The van der Waals surface area contributed by atoms with E-state index in [1.54, 1.807) is 13.3 Å². The van der Waals surface area contributed by atoms with E-state index in [-0.39, 0.29) is 5.41 Å². The molecule has 0 amide bonds. The van der Waals surface area contributed by atoms with Gasteiger partial charge in [0.1, 0.15) is 5.82 Å². The zero-order valence-electron chi connectivity index (χ0n) is 11.2. The second kappa shape index (κ2) is 6.45. The molecule has 0 aliphatic rings. The molecule has 0 aromatic carbocycles. The lowest BCUT2D eigenvalue weighted by Gasteiger charge is -2.25. The predicted octanol–water partition coefficient (Wildman–Crippen LogP) is 2.60. The lowest BCUT2D eigenvalue weighted by molar-refractivity contribution is 0.157. The zero-order chi connectivity index (χ0) is 12.7. The van der Waals surface area contributed by atoms with Gasteiger partial charge in [-0.2, -0.15) is 0 Å². The summed E-state index contributed by atoms with van der Waals surface area (Å²) in [5.41, 5.74) is 1.31. The maximum Gasteiger partial charge on any atom is 0.127 e. The molecule has 1 aromatic heterocycles. The summed E-state index contributed by atoms with van der Waals surface area (Å²) in [7, 11) is 3.61. The molecule has 4 nitrogen and oxygen atoms in total. The van der Waals surface area contributed by atoms with Gasteiger partial charge in [0.25, 0.3) is 0 Å². The molecular weight excluding hydrogens is 214 g/mol. The molecule has 0 saturated carbocycles. The van der Waals surface area contributed by atoms with Crippen molar-refractivity contribution in [1.29, 1.82) is 0 Å². The van der Waals surface area contributed by atoms with E-state index in [2.05, 4.69) is 29.5 Å². The molecule has 1 heterocycles. The molecule has 0 saturated heterocycles. The summed E-state index contributed by atoms with van der Waals surface area (Å²) in [4.78, 5) is 4.18. The maximum absolute atomic E-state index is 5.12. The Morgan fingerprint density at radius 1 is 1.41 bits per heavy atom. The number of hydrogen-bond acceptors (Lipinski definition) is 4. The highest BCUT2D eigenvalue weighted by molar-refractivity contribution is 5.51. The van der Waals surface area contributed by atoms with Crippen molar-refractivity contribution >= 4 is 11.5 Å². The summed E-state index contributed by atoms with van der Waals surface area (Å²) in [5.74, 6) is 0.879. The highest BCUT2D eigenvalue weighted by atomic mass is 16.5. The van der Waals surface area contributed by atoms with Crippen LogP contribution in [0.4, 0.5) is 11.5 Å². The van der Waals surface area contributed by atoms with Gasteiger partial charge in [-0.25, -0.2) is 4.98 Å². The Morgan fingerprint density at radius 2 is 2.18 bits per heavy atom. The first-order valence-electron chi connectivity index (χ1n) is 5.94. The highest BCUT2D eigenvalue weighted by Crippen LogP contribution is 2.21. The molecule has 0 unspecified atom stereocenters. The predicted molar refractivity (Wildman–Crippen MR) is 72.5 cm³/mol. The largest absolute Gasteiger partial charge is 0.385 e. The third kappa shape index (κ3) is 5.04. The van der Waals surface area contributed by atoms with Gasteiger partial charge < -0.3 is 15.4 Å². The molecule has 0 radical (unpaired) electrons. The van der Waals surface area contributed by atoms with Gasteiger partial charge in [0, 0.05) is 45.3 Å². The molecule has 4 heteroatoms. The van der Waals surface area contributed by atoms with Crippen LogP contribution in [0.3, 0.4) is 0 Å². The van der Waals surface area contributed by atoms with Crippen LogP contribution in [0.2, 0.25) is 0 Å². The molecule has 0 spiro atoms. The number of methoxy groups -OCH3 is 1. The van der Waals surface area contributed by atoms with Gasteiger partial charge in [0.2, 0.25) is 0 Å². The lowest BCUT2D eigenvalue weighted by atomic mass is 9.89. The van der Waals surface area contributed by atoms with Crippen molar-refractivity contribution in [3.8, 4) is 0 Å².